The fraction of sp³-hybridized carbons (Fsp3) is 0.471. The minimum atomic E-state index is -1.10. The van der Waals surface area contributed by atoms with Crippen LogP contribution in [0.2, 0.25) is 0 Å². The third-order valence-electron chi connectivity index (χ3n) is 4.70. The Kier molecular flexibility index (Phi) is 3.96. The van der Waals surface area contributed by atoms with E-state index in [-0.39, 0.29) is 5.92 Å². The van der Waals surface area contributed by atoms with Gasteiger partial charge in [0.2, 0.25) is 0 Å². The summed E-state index contributed by atoms with van der Waals surface area (Å²) in [7, 11) is 0. The molecule has 0 aromatic heterocycles. The van der Waals surface area contributed by atoms with Gasteiger partial charge >= 0.3 is 5.97 Å². The molecule has 1 unspecified atom stereocenters. The fourth-order valence-corrected chi connectivity index (χ4v) is 3.55. The van der Waals surface area contributed by atoms with Crippen molar-refractivity contribution >= 4 is 17.8 Å². The largest absolute Gasteiger partial charge is 0.480 e. The normalized spacial score (nSPS) is 20.1. The van der Waals surface area contributed by atoms with Gasteiger partial charge in [0.15, 0.2) is 0 Å². The summed E-state index contributed by atoms with van der Waals surface area (Å²) in [5, 5.41) is 9.53. The Hall–Kier alpha value is -2.17. The minimum absolute atomic E-state index is 0.277. The Morgan fingerprint density at radius 3 is 2.14 bits per heavy atom. The van der Waals surface area contributed by atoms with Gasteiger partial charge in [0.1, 0.15) is 6.04 Å². The molecule has 0 saturated heterocycles. The second-order valence-electron chi connectivity index (χ2n) is 6.12. The Labute approximate surface area is 128 Å². The van der Waals surface area contributed by atoms with Gasteiger partial charge in [-0.2, -0.15) is 0 Å². The summed E-state index contributed by atoms with van der Waals surface area (Å²) in [6.07, 6.45) is 5.69. The zero-order valence-corrected chi connectivity index (χ0v) is 12.3. The van der Waals surface area contributed by atoms with Crippen molar-refractivity contribution < 1.29 is 19.5 Å². The zero-order chi connectivity index (χ0) is 15.7. The van der Waals surface area contributed by atoms with Gasteiger partial charge in [0.05, 0.1) is 11.1 Å². The second-order valence-corrected chi connectivity index (χ2v) is 6.12. The van der Waals surface area contributed by atoms with Crippen LogP contribution in [0, 0.1) is 5.92 Å². The summed E-state index contributed by atoms with van der Waals surface area (Å²) in [6, 6.07) is 5.47. The molecule has 3 rings (SSSR count). The van der Waals surface area contributed by atoms with E-state index in [9.17, 15) is 19.5 Å². The molecule has 116 valence electrons. The molecule has 1 N–H and O–H groups in total. The third kappa shape index (κ3) is 2.51. The highest BCUT2D eigenvalue weighted by Crippen LogP contribution is 2.32. The number of carboxylic acids is 1. The van der Waals surface area contributed by atoms with Crippen LogP contribution in [0.3, 0.4) is 0 Å². The van der Waals surface area contributed by atoms with Crippen LogP contribution >= 0.6 is 0 Å². The van der Waals surface area contributed by atoms with Crippen LogP contribution in [0.5, 0.6) is 0 Å². The number of benzene rings is 1. The number of rotatable bonds is 4. The van der Waals surface area contributed by atoms with Gasteiger partial charge in [-0.3, -0.25) is 14.5 Å². The van der Waals surface area contributed by atoms with Crippen molar-refractivity contribution in [3.63, 3.8) is 0 Å². The van der Waals surface area contributed by atoms with E-state index < -0.39 is 23.8 Å². The molecule has 1 atom stereocenters. The number of amides is 2. The zero-order valence-electron chi connectivity index (χ0n) is 12.3. The maximum Gasteiger partial charge on any atom is 0.326 e. The van der Waals surface area contributed by atoms with Crippen LogP contribution in [0.1, 0.15) is 59.2 Å². The first-order chi connectivity index (χ1) is 10.6. The highest BCUT2D eigenvalue weighted by molar-refractivity contribution is 6.22. The first-order valence-electron chi connectivity index (χ1n) is 7.79. The summed E-state index contributed by atoms with van der Waals surface area (Å²) in [5.74, 6) is -1.79. The predicted molar refractivity (Wildman–Crippen MR) is 79.6 cm³/mol. The van der Waals surface area contributed by atoms with Crippen molar-refractivity contribution in [3.8, 4) is 0 Å². The van der Waals surface area contributed by atoms with Crippen molar-refractivity contribution in [1.82, 2.24) is 4.90 Å². The summed E-state index contributed by atoms with van der Waals surface area (Å²) < 4.78 is 0. The maximum absolute atomic E-state index is 12.4. The number of carbonyl (C=O) groups excluding carboxylic acids is 2. The molecule has 1 aromatic carbocycles. The molecule has 1 heterocycles. The number of aliphatic carboxylic acids is 1. The highest BCUT2D eigenvalue weighted by atomic mass is 16.4. The predicted octanol–water partition coefficient (Wildman–Crippen LogP) is 2.71. The van der Waals surface area contributed by atoms with Crippen LogP contribution in [0.4, 0.5) is 0 Å². The molecule has 0 spiro atoms. The van der Waals surface area contributed by atoms with Crippen molar-refractivity contribution in [2.75, 3.05) is 0 Å². The smallest absolute Gasteiger partial charge is 0.326 e. The molecular weight excluding hydrogens is 282 g/mol. The quantitative estimate of drug-likeness (QED) is 0.868. The van der Waals surface area contributed by atoms with Gasteiger partial charge in [-0.15, -0.1) is 0 Å². The first kappa shape index (κ1) is 14.8. The third-order valence-corrected chi connectivity index (χ3v) is 4.70. The van der Waals surface area contributed by atoms with E-state index in [4.69, 9.17) is 0 Å². The molecule has 1 fully saturated rings. The van der Waals surface area contributed by atoms with E-state index in [1.165, 1.54) is 6.42 Å². The molecule has 5 heteroatoms. The summed E-state index contributed by atoms with van der Waals surface area (Å²) >= 11 is 0. The molecule has 1 aliphatic carbocycles. The lowest BCUT2D eigenvalue weighted by molar-refractivity contribution is -0.142. The van der Waals surface area contributed by atoms with E-state index in [1.54, 1.807) is 24.3 Å². The lowest BCUT2D eigenvalue weighted by Gasteiger charge is -2.28. The van der Waals surface area contributed by atoms with Crippen molar-refractivity contribution in [2.45, 2.75) is 44.6 Å². The molecule has 0 bridgehead atoms. The number of hydrogen-bond acceptors (Lipinski definition) is 3. The Morgan fingerprint density at radius 1 is 1.09 bits per heavy atom. The van der Waals surface area contributed by atoms with E-state index in [1.807, 2.05) is 0 Å². The van der Waals surface area contributed by atoms with E-state index in [0.717, 1.165) is 30.6 Å². The van der Waals surface area contributed by atoms with Crippen molar-refractivity contribution in [1.29, 1.82) is 0 Å². The average Bonchev–Trinajstić information content (AvgIpc) is 2.78. The molecule has 0 radical (unpaired) electrons. The number of nitrogens with zero attached hydrogens (tertiary/aromatic N) is 1. The van der Waals surface area contributed by atoms with Gasteiger partial charge < -0.3 is 5.11 Å². The Bertz CT molecular complexity index is 584. The summed E-state index contributed by atoms with van der Waals surface area (Å²) in [6.45, 7) is 0. The number of hydrogen-bond donors (Lipinski definition) is 1. The van der Waals surface area contributed by atoms with E-state index in [0.29, 0.717) is 17.5 Å². The van der Waals surface area contributed by atoms with Crippen molar-refractivity contribution in [2.24, 2.45) is 5.92 Å². The standard InChI is InChI=1S/C17H19NO4/c19-15-12-8-4-5-9-13(12)16(20)18(15)14(17(21)22)10-11-6-2-1-3-7-11/h4-5,8-9,11,14H,1-3,6-7,10H2,(H,21,22). The SMILES string of the molecule is O=C(O)C(CC1CCCCC1)N1C(=O)c2ccccc2C1=O. The minimum Gasteiger partial charge on any atom is -0.480 e. The monoisotopic (exact) mass is 301 g/mol. The van der Waals surface area contributed by atoms with Crippen molar-refractivity contribution in [3.05, 3.63) is 35.4 Å². The number of imide groups is 1. The number of fused-ring (bicyclic) bond motifs is 1. The van der Waals surface area contributed by atoms with Gasteiger partial charge in [-0.1, -0.05) is 44.2 Å². The van der Waals surface area contributed by atoms with Crippen LogP contribution in [-0.4, -0.2) is 33.8 Å². The molecule has 2 amide bonds. The Balaban J connectivity index is 1.85. The second kappa shape index (κ2) is 5.91. The first-order valence-corrected chi connectivity index (χ1v) is 7.79. The number of carbonyl (C=O) groups is 3. The molecule has 5 nitrogen and oxygen atoms in total. The highest BCUT2D eigenvalue weighted by Gasteiger charge is 2.43. The molecular formula is C17H19NO4. The molecule has 1 saturated carbocycles. The lowest BCUT2D eigenvalue weighted by Crippen LogP contribution is -2.46. The van der Waals surface area contributed by atoms with Gasteiger partial charge in [-0.25, -0.2) is 4.79 Å². The summed E-state index contributed by atoms with van der Waals surface area (Å²) in [5.41, 5.74) is 0.616. The van der Waals surface area contributed by atoms with E-state index >= 15 is 0 Å². The fourth-order valence-electron chi connectivity index (χ4n) is 3.55. The maximum atomic E-state index is 12.4. The van der Waals surface area contributed by atoms with E-state index in [2.05, 4.69) is 0 Å². The lowest BCUT2D eigenvalue weighted by atomic mass is 9.84. The van der Waals surface area contributed by atoms with Crippen LogP contribution in [0.25, 0.3) is 0 Å². The topological polar surface area (TPSA) is 74.7 Å². The van der Waals surface area contributed by atoms with Crippen LogP contribution < -0.4 is 0 Å². The van der Waals surface area contributed by atoms with Crippen LogP contribution in [-0.2, 0) is 4.79 Å². The van der Waals surface area contributed by atoms with Gasteiger partial charge in [0, 0.05) is 0 Å². The Morgan fingerprint density at radius 2 is 1.64 bits per heavy atom. The summed E-state index contributed by atoms with van der Waals surface area (Å²) in [4.78, 5) is 37.5. The van der Waals surface area contributed by atoms with Crippen LogP contribution in [0.15, 0.2) is 24.3 Å². The van der Waals surface area contributed by atoms with Gasteiger partial charge in [0.25, 0.3) is 11.8 Å². The number of carboxylic acid groups (broad SMARTS) is 1. The molecule has 22 heavy (non-hydrogen) atoms. The average molecular weight is 301 g/mol. The molecule has 2 aliphatic rings. The van der Waals surface area contributed by atoms with Gasteiger partial charge in [-0.05, 0) is 24.5 Å². The molecule has 1 aromatic rings. The molecule has 1 aliphatic heterocycles.